The fourth-order valence-electron chi connectivity index (χ4n) is 1.95. The van der Waals surface area contributed by atoms with Gasteiger partial charge in [-0.3, -0.25) is 4.79 Å². The Morgan fingerprint density at radius 3 is 2.65 bits per heavy atom. The lowest BCUT2D eigenvalue weighted by Crippen LogP contribution is -2.07. The molecular formula is C16H17FN2O. The van der Waals surface area contributed by atoms with Crippen LogP contribution in [0.2, 0.25) is 0 Å². The van der Waals surface area contributed by atoms with Crippen LogP contribution in [0.5, 0.6) is 0 Å². The highest BCUT2D eigenvalue weighted by Crippen LogP contribution is 2.20. The van der Waals surface area contributed by atoms with E-state index in [-0.39, 0.29) is 11.7 Å². The quantitative estimate of drug-likeness (QED) is 0.891. The summed E-state index contributed by atoms with van der Waals surface area (Å²) in [6.07, 6.45) is 0. The van der Waals surface area contributed by atoms with Gasteiger partial charge in [-0.15, -0.1) is 0 Å². The monoisotopic (exact) mass is 272 g/mol. The number of amides is 1. The van der Waals surface area contributed by atoms with Gasteiger partial charge < -0.3 is 10.6 Å². The van der Waals surface area contributed by atoms with Gasteiger partial charge in [-0.05, 0) is 48.4 Å². The molecule has 104 valence electrons. The largest absolute Gasteiger partial charge is 0.381 e. The molecule has 2 aromatic carbocycles. The number of carbonyl (C=O) groups is 1. The van der Waals surface area contributed by atoms with Crippen LogP contribution in [-0.2, 0) is 11.3 Å². The molecule has 0 fully saturated rings. The lowest BCUT2D eigenvalue weighted by molar-refractivity contribution is -0.114. The summed E-state index contributed by atoms with van der Waals surface area (Å²) in [5, 5.41) is 6.00. The van der Waals surface area contributed by atoms with E-state index in [2.05, 4.69) is 10.6 Å². The lowest BCUT2D eigenvalue weighted by Gasteiger charge is -2.11. The Morgan fingerprint density at radius 1 is 1.20 bits per heavy atom. The van der Waals surface area contributed by atoms with Crippen LogP contribution >= 0.6 is 0 Å². The SMILES string of the molecule is CC(=O)Nc1ccc(NCc2cccc(F)c2)cc1C. The van der Waals surface area contributed by atoms with Crippen molar-refractivity contribution in [3.05, 3.63) is 59.4 Å². The Balaban J connectivity index is 2.03. The number of anilines is 2. The second-order valence-electron chi connectivity index (χ2n) is 4.69. The van der Waals surface area contributed by atoms with Crippen LogP contribution in [0.4, 0.5) is 15.8 Å². The maximum atomic E-state index is 13.1. The average molecular weight is 272 g/mol. The van der Waals surface area contributed by atoms with Crippen LogP contribution in [0.1, 0.15) is 18.1 Å². The minimum Gasteiger partial charge on any atom is -0.381 e. The average Bonchev–Trinajstić information content (AvgIpc) is 2.39. The summed E-state index contributed by atoms with van der Waals surface area (Å²) in [6.45, 7) is 3.96. The first-order valence-corrected chi connectivity index (χ1v) is 6.41. The van der Waals surface area contributed by atoms with Crippen LogP contribution in [0.15, 0.2) is 42.5 Å². The number of nitrogens with one attached hydrogen (secondary N) is 2. The first-order chi connectivity index (χ1) is 9.54. The van der Waals surface area contributed by atoms with Gasteiger partial charge in [0.2, 0.25) is 5.91 Å². The zero-order valence-corrected chi connectivity index (χ0v) is 11.5. The fourth-order valence-corrected chi connectivity index (χ4v) is 1.95. The van der Waals surface area contributed by atoms with Crippen molar-refractivity contribution < 1.29 is 9.18 Å². The van der Waals surface area contributed by atoms with E-state index in [9.17, 15) is 9.18 Å². The number of hydrogen-bond acceptors (Lipinski definition) is 2. The molecule has 0 aromatic heterocycles. The number of carbonyl (C=O) groups excluding carboxylic acids is 1. The number of benzene rings is 2. The summed E-state index contributed by atoms with van der Waals surface area (Å²) in [7, 11) is 0. The molecule has 4 heteroatoms. The number of hydrogen-bond donors (Lipinski definition) is 2. The van der Waals surface area contributed by atoms with E-state index in [0.29, 0.717) is 6.54 Å². The van der Waals surface area contributed by atoms with Gasteiger partial charge in [0.05, 0.1) is 0 Å². The summed E-state index contributed by atoms with van der Waals surface area (Å²) >= 11 is 0. The Hall–Kier alpha value is -2.36. The van der Waals surface area contributed by atoms with E-state index in [1.54, 1.807) is 6.07 Å². The van der Waals surface area contributed by atoms with Crippen LogP contribution in [0.25, 0.3) is 0 Å². The maximum Gasteiger partial charge on any atom is 0.221 e. The highest BCUT2D eigenvalue weighted by atomic mass is 19.1. The second kappa shape index (κ2) is 6.19. The zero-order chi connectivity index (χ0) is 14.5. The molecule has 0 aliphatic heterocycles. The van der Waals surface area contributed by atoms with Crippen LogP contribution in [0.3, 0.4) is 0 Å². The van der Waals surface area contributed by atoms with E-state index in [1.165, 1.54) is 19.1 Å². The van der Waals surface area contributed by atoms with Gasteiger partial charge >= 0.3 is 0 Å². The summed E-state index contributed by atoms with van der Waals surface area (Å²) in [5.74, 6) is -0.324. The molecular weight excluding hydrogens is 255 g/mol. The van der Waals surface area contributed by atoms with E-state index in [1.807, 2.05) is 31.2 Å². The van der Waals surface area contributed by atoms with Crippen molar-refractivity contribution in [3.8, 4) is 0 Å². The molecule has 0 saturated carbocycles. The molecule has 3 nitrogen and oxygen atoms in total. The van der Waals surface area contributed by atoms with Gasteiger partial charge in [-0.1, -0.05) is 12.1 Å². The molecule has 2 aromatic rings. The smallest absolute Gasteiger partial charge is 0.221 e. The Morgan fingerprint density at radius 2 is 2.00 bits per heavy atom. The molecule has 0 radical (unpaired) electrons. The molecule has 0 aliphatic rings. The highest BCUT2D eigenvalue weighted by molar-refractivity contribution is 5.89. The predicted octanol–water partition coefficient (Wildman–Crippen LogP) is 3.70. The Kier molecular flexibility index (Phi) is 4.35. The van der Waals surface area contributed by atoms with E-state index in [0.717, 1.165) is 22.5 Å². The first kappa shape index (κ1) is 14.1. The third-order valence-electron chi connectivity index (χ3n) is 2.92. The lowest BCUT2D eigenvalue weighted by atomic mass is 10.1. The van der Waals surface area contributed by atoms with Gasteiger partial charge in [0.15, 0.2) is 0 Å². The molecule has 0 heterocycles. The molecule has 0 bridgehead atoms. The van der Waals surface area contributed by atoms with Crippen LogP contribution in [0, 0.1) is 12.7 Å². The minimum atomic E-state index is -0.235. The topological polar surface area (TPSA) is 41.1 Å². The molecule has 2 N–H and O–H groups in total. The van der Waals surface area contributed by atoms with Gasteiger partial charge in [0, 0.05) is 24.8 Å². The molecule has 0 spiro atoms. The summed E-state index contributed by atoms with van der Waals surface area (Å²) in [5.41, 5.74) is 3.59. The van der Waals surface area contributed by atoms with Crippen molar-refractivity contribution in [2.45, 2.75) is 20.4 Å². The molecule has 0 aliphatic carbocycles. The molecule has 2 rings (SSSR count). The van der Waals surface area contributed by atoms with Crippen molar-refractivity contribution in [1.29, 1.82) is 0 Å². The third-order valence-corrected chi connectivity index (χ3v) is 2.92. The van der Waals surface area contributed by atoms with Crippen LogP contribution in [-0.4, -0.2) is 5.91 Å². The Labute approximate surface area is 117 Å². The molecule has 1 amide bonds. The van der Waals surface area contributed by atoms with E-state index >= 15 is 0 Å². The minimum absolute atomic E-state index is 0.0893. The van der Waals surface area contributed by atoms with E-state index in [4.69, 9.17) is 0 Å². The van der Waals surface area contributed by atoms with Crippen LogP contribution < -0.4 is 10.6 Å². The van der Waals surface area contributed by atoms with Gasteiger partial charge in [-0.25, -0.2) is 4.39 Å². The van der Waals surface area contributed by atoms with Crippen molar-refractivity contribution in [3.63, 3.8) is 0 Å². The zero-order valence-electron chi connectivity index (χ0n) is 11.5. The number of halogens is 1. The van der Waals surface area contributed by atoms with Gasteiger partial charge in [0.25, 0.3) is 0 Å². The van der Waals surface area contributed by atoms with E-state index < -0.39 is 0 Å². The molecule has 0 saturated heterocycles. The van der Waals surface area contributed by atoms with Crippen molar-refractivity contribution in [1.82, 2.24) is 0 Å². The normalized spacial score (nSPS) is 10.2. The van der Waals surface area contributed by atoms with Crippen molar-refractivity contribution in [2.24, 2.45) is 0 Å². The summed E-state index contributed by atoms with van der Waals surface area (Å²) in [4.78, 5) is 11.0. The summed E-state index contributed by atoms with van der Waals surface area (Å²) in [6, 6.07) is 12.2. The van der Waals surface area contributed by atoms with Crippen molar-refractivity contribution >= 4 is 17.3 Å². The van der Waals surface area contributed by atoms with Crippen molar-refractivity contribution in [2.75, 3.05) is 10.6 Å². The first-order valence-electron chi connectivity index (χ1n) is 6.41. The fraction of sp³-hybridized carbons (Fsp3) is 0.188. The number of rotatable bonds is 4. The molecule has 0 atom stereocenters. The van der Waals surface area contributed by atoms with Gasteiger partial charge in [0.1, 0.15) is 5.82 Å². The Bertz CT molecular complexity index is 626. The third kappa shape index (κ3) is 3.82. The predicted molar refractivity (Wildman–Crippen MR) is 79.2 cm³/mol. The maximum absolute atomic E-state index is 13.1. The standard InChI is InChI=1S/C16H17FN2O/c1-11-8-15(6-7-16(11)19-12(2)20)18-10-13-4-3-5-14(17)9-13/h3-9,18H,10H2,1-2H3,(H,19,20). The molecule has 20 heavy (non-hydrogen) atoms. The molecule has 0 unspecified atom stereocenters. The number of aryl methyl sites for hydroxylation is 1. The highest BCUT2D eigenvalue weighted by Gasteiger charge is 2.02. The second-order valence-corrected chi connectivity index (χ2v) is 4.69. The van der Waals surface area contributed by atoms with Gasteiger partial charge in [-0.2, -0.15) is 0 Å². The summed E-state index contributed by atoms with van der Waals surface area (Å²) < 4.78 is 13.1.